The molecule has 1 saturated heterocycles. The number of hydrogen-bond donors (Lipinski definition) is 0. The van der Waals surface area contributed by atoms with Gasteiger partial charge in [-0.3, -0.25) is 0 Å². The van der Waals surface area contributed by atoms with E-state index in [4.69, 9.17) is 4.43 Å². The second-order valence-electron chi connectivity index (χ2n) is 5.30. The molecule has 0 spiro atoms. The SMILES string of the molecule is C[Si]1(C)CCC(OC(F)C(F)F)O[Si]1(C)C. The largest absolute Gasteiger partial charge is 0.395 e. The van der Waals surface area contributed by atoms with Crippen LogP contribution in [0.15, 0.2) is 0 Å². The van der Waals surface area contributed by atoms with Crippen molar-refractivity contribution in [3.8, 4) is 0 Å². The normalized spacial score (nSPS) is 30.4. The van der Waals surface area contributed by atoms with Gasteiger partial charge in [-0.1, -0.05) is 19.1 Å². The molecule has 0 N–H and O–H groups in total. The van der Waals surface area contributed by atoms with Crippen LogP contribution in [0, 0.1) is 0 Å². The van der Waals surface area contributed by atoms with Gasteiger partial charge in [0.2, 0.25) is 0 Å². The lowest BCUT2D eigenvalue weighted by atomic mass is 10.5. The number of hydrogen-bond acceptors (Lipinski definition) is 2. The lowest BCUT2D eigenvalue weighted by Crippen LogP contribution is -2.62. The van der Waals surface area contributed by atoms with Crippen LogP contribution in [0.4, 0.5) is 13.2 Å². The Morgan fingerprint density at radius 3 is 2.19 bits per heavy atom. The highest BCUT2D eigenvalue weighted by Gasteiger charge is 2.48. The van der Waals surface area contributed by atoms with Crippen LogP contribution in [0.2, 0.25) is 32.2 Å². The quantitative estimate of drug-likeness (QED) is 0.734. The molecule has 0 bridgehead atoms. The number of halogens is 3. The molecule has 0 saturated carbocycles. The Balaban J connectivity index is 2.56. The summed E-state index contributed by atoms with van der Waals surface area (Å²) in [5, 5.41) is 0. The average Bonchev–Trinajstić information content (AvgIpc) is 2.11. The van der Waals surface area contributed by atoms with Gasteiger partial charge in [-0.2, -0.15) is 0 Å². The van der Waals surface area contributed by atoms with Crippen LogP contribution in [0.25, 0.3) is 0 Å². The maximum atomic E-state index is 12.7. The molecule has 1 fully saturated rings. The monoisotopic (exact) mass is 272 g/mol. The maximum Gasteiger partial charge on any atom is 0.293 e. The molecule has 0 aliphatic carbocycles. The minimum Gasteiger partial charge on any atom is -0.395 e. The van der Waals surface area contributed by atoms with E-state index in [1.807, 2.05) is 0 Å². The van der Waals surface area contributed by atoms with Gasteiger partial charge in [-0.25, -0.2) is 13.2 Å². The molecule has 1 rings (SSSR count). The first-order chi connectivity index (χ1) is 7.16. The minimum absolute atomic E-state index is 0.531. The first-order valence-electron chi connectivity index (χ1n) is 5.41. The fourth-order valence-electron chi connectivity index (χ4n) is 1.63. The van der Waals surface area contributed by atoms with Gasteiger partial charge in [-0.05, 0) is 19.5 Å². The number of ether oxygens (including phenoxy) is 1. The van der Waals surface area contributed by atoms with E-state index in [1.165, 1.54) is 0 Å². The topological polar surface area (TPSA) is 18.5 Å². The zero-order valence-corrected chi connectivity index (χ0v) is 12.1. The molecular formula is C9H19F3O2Si2. The summed E-state index contributed by atoms with van der Waals surface area (Å²) in [6, 6.07) is 0.951. The van der Waals surface area contributed by atoms with Crippen molar-refractivity contribution in [3.63, 3.8) is 0 Å². The molecule has 2 atom stereocenters. The molecule has 1 aliphatic heterocycles. The Labute approximate surface area is 96.1 Å². The maximum absolute atomic E-state index is 12.7. The van der Waals surface area contributed by atoms with Gasteiger partial charge < -0.3 is 9.16 Å². The van der Waals surface area contributed by atoms with Gasteiger partial charge in [0.1, 0.15) is 0 Å². The molecule has 2 unspecified atom stereocenters. The molecule has 7 heteroatoms. The zero-order chi connectivity index (χ0) is 12.6. The van der Waals surface area contributed by atoms with Crippen molar-refractivity contribution in [2.24, 2.45) is 0 Å². The van der Waals surface area contributed by atoms with Crippen LogP contribution in [0.5, 0.6) is 0 Å². The molecule has 16 heavy (non-hydrogen) atoms. The van der Waals surface area contributed by atoms with Crippen molar-refractivity contribution in [1.29, 1.82) is 0 Å². The molecule has 0 radical (unpaired) electrons. The summed E-state index contributed by atoms with van der Waals surface area (Å²) in [7, 11) is -3.29. The standard InChI is InChI=1S/C9H19F3O2Si2/c1-15(2)6-5-7(14-16(15,3)4)13-9(12)8(10)11/h7-9H,5-6H2,1-4H3. The summed E-state index contributed by atoms with van der Waals surface area (Å²) in [5.74, 6) is 0. The van der Waals surface area contributed by atoms with Crippen LogP contribution in [0.3, 0.4) is 0 Å². The Kier molecular flexibility index (Phi) is 4.25. The van der Waals surface area contributed by atoms with Crippen molar-refractivity contribution in [3.05, 3.63) is 0 Å². The molecule has 0 aromatic heterocycles. The van der Waals surface area contributed by atoms with Crippen molar-refractivity contribution in [1.82, 2.24) is 0 Å². The van der Waals surface area contributed by atoms with E-state index in [-0.39, 0.29) is 0 Å². The summed E-state index contributed by atoms with van der Waals surface area (Å²) < 4.78 is 47.0. The third-order valence-electron chi connectivity index (χ3n) is 3.54. The van der Waals surface area contributed by atoms with Crippen molar-refractivity contribution >= 4 is 15.4 Å². The van der Waals surface area contributed by atoms with Gasteiger partial charge in [0, 0.05) is 0 Å². The number of rotatable bonds is 3. The Hall–Kier alpha value is 0.144. The van der Waals surface area contributed by atoms with Crippen molar-refractivity contribution < 1.29 is 22.3 Å². The Bertz CT molecular complexity index is 249. The fraction of sp³-hybridized carbons (Fsp3) is 1.00. The second kappa shape index (κ2) is 4.79. The third kappa shape index (κ3) is 3.08. The van der Waals surface area contributed by atoms with Crippen LogP contribution in [-0.4, -0.2) is 34.5 Å². The van der Waals surface area contributed by atoms with E-state index in [0.29, 0.717) is 6.42 Å². The van der Waals surface area contributed by atoms with Crippen LogP contribution in [-0.2, 0) is 9.16 Å². The van der Waals surface area contributed by atoms with Gasteiger partial charge in [-0.15, -0.1) is 0 Å². The summed E-state index contributed by atoms with van der Waals surface area (Å²) >= 11 is 0. The molecule has 1 aliphatic rings. The molecule has 0 amide bonds. The van der Waals surface area contributed by atoms with E-state index >= 15 is 0 Å². The summed E-state index contributed by atoms with van der Waals surface area (Å²) in [5.41, 5.74) is 0. The first kappa shape index (κ1) is 14.2. The van der Waals surface area contributed by atoms with Crippen molar-refractivity contribution in [2.75, 3.05) is 0 Å². The highest BCUT2D eigenvalue weighted by atomic mass is 29.3. The zero-order valence-electron chi connectivity index (χ0n) is 10.1. The van der Waals surface area contributed by atoms with E-state index in [2.05, 4.69) is 30.9 Å². The summed E-state index contributed by atoms with van der Waals surface area (Å²) in [6.45, 7) is 8.58. The number of alkyl halides is 3. The molecular weight excluding hydrogens is 253 g/mol. The average molecular weight is 272 g/mol. The predicted octanol–water partition coefficient (Wildman–Crippen LogP) is 3.30. The molecule has 2 nitrogen and oxygen atoms in total. The predicted molar refractivity (Wildman–Crippen MR) is 61.2 cm³/mol. The summed E-state index contributed by atoms with van der Waals surface area (Å²) in [4.78, 5) is 0. The van der Waals surface area contributed by atoms with E-state index in [1.54, 1.807) is 0 Å². The fourth-order valence-corrected chi connectivity index (χ4v) is 7.93. The molecule has 0 aromatic carbocycles. The minimum atomic E-state index is -3.10. The Morgan fingerprint density at radius 2 is 1.75 bits per heavy atom. The third-order valence-corrected chi connectivity index (χ3v) is 20.1. The van der Waals surface area contributed by atoms with E-state index in [9.17, 15) is 13.2 Å². The van der Waals surface area contributed by atoms with E-state index < -0.39 is 34.5 Å². The second-order valence-corrected chi connectivity index (χ2v) is 20.5. The van der Waals surface area contributed by atoms with Gasteiger partial charge in [0.25, 0.3) is 12.8 Å². The van der Waals surface area contributed by atoms with Gasteiger partial charge in [0.15, 0.2) is 14.1 Å². The Morgan fingerprint density at radius 1 is 1.19 bits per heavy atom. The van der Waals surface area contributed by atoms with E-state index in [0.717, 1.165) is 6.04 Å². The molecule has 0 aromatic rings. The van der Waals surface area contributed by atoms with Crippen LogP contribution >= 0.6 is 0 Å². The van der Waals surface area contributed by atoms with Crippen LogP contribution < -0.4 is 0 Å². The lowest BCUT2D eigenvalue weighted by molar-refractivity contribution is -0.212. The highest BCUT2D eigenvalue weighted by Crippen LogP contribution is 2.34. The lowest BCUT2D eigenvalue weighted by Gasteiger charge is -2.45. The summed E-state index contributed by atoms with van der Waals surface area (Å²) in [6.07, 6.45) is -5.88. The molecule has 96 valence electrons. The van der Waals surface area contributed by atoms with Crippen molar-refractivity contribution in [2.45, 2.75) is 57.7 Å². The smallest absolute Gasteiger partial charge is 0.293 e. The van der Waals surface area contributed by atoms with Gasteiger partial charge >= 0.3 is 0 Å². The van der Waals surface area contributed by atoms with Gasteiger partial charge in [0.05, 0.1) is 7.59 Å². The highest BCUT2D eigenvalue weighted by molar-refractivity contribution is 7.38. The first-order valence-corrected chi connectivity index (χ1v) is 12.5. The molecule has 1 heterocycles. The van der Waals surface area contributed by atoms with Crippen LogP contribution in [0.1, 0.15) is 6.42 Å².